The van der Waals surface area contributed by atoms with Gasteiger partial charge in [-0.3, -0.25) is 4.99 Å². The van der Waals surface area contributed by atoms with Crippen molar-refractivity contribution in [3.63, 3.8) is 0 Å². The van der Waals surface area contributed by atoms with E-state index < -0.39 is 11.9 Å². The smallest absolute Gasteiger partial charge is 0.347 e. The first-order valence-corrected chi connectivity index (χ1v) is 9.40. The minimum absolute atomic E-state index is 0.163. The number of thioether (sulfide) groups is 1. The number of amidine groups is 1. The molecule has 0 unspecified atom stereocenters. The highest BCUT2D eigenvalue weighted by atomic mass is 32.2. The second kappa shape index (κ2) is 8.27. The molecule has 0 spiro atoms. The van der Waals surface area contributed by atoms with E-state index in [2.05, 4.69) is 15.2 Å². The topological polar surface area (TPSA) is 80.2 Å². The zero-order valence-corrected chi connectivity index (χ0v) is 15.6. The number of aliphatic imine (C=N–C) groups is 1. The van der Waals surface area contributed by atoms with Gasteiger partial charge in [0.25, 0.3) is 0 Å². The summed E-state index contributed by atoms with van der Waals surface area (Å²) in [6.07, 6.45) is 2.36. The van der Waals surface area contributed by atoms with Crippen LogP contribution in [-0.4, -0.2) is 43.4 Å². The maximum Gasteiger partial charge on any atom is 0.347 e. The summed E-state index contributed by atoms with van der Waals surface area (Å²) < 4.78 is 9.86. The first kappa shape index (κ1) is 18.3. The highest BCUT2D eigenvalue weighted by Gasteiger charge is 2.28. The minimum Gasteiger partial charge on any atom is -0.462 e. The predicted octanol–water partition coefficient (Wildman–Crippen LogP) is 2.78. The second-order valence-electron chi connectivity index (χ2n) is 5.60. The van der Waals surface area contributed by atoms with E-state index in [4.69, 9.17) is 9.47 Å². The van der Waals surface area contributed by atoms with Gasteiger partial charge in [-0.25, -0.2) is 9.59 Å². The van der Waals surface area contributed by atoms with Gasteiger partial charge in [0, 0.05) is 29.9 Å². The maximum absolute atomic E-state index is 12.0. The number of hydrogen-bond donors (Lipinski definition) is 1. The number of carbonyl (C=O) groups is 2. The lowest BCUT2D eigenvalue weighted by Crippen LogP contribution is -2.30. The van der Waals surface area contributed by atoms with Crippen LogP contribution in [0.3, 0.4) is 0 Å². The summed E-state index contributed by atoms with van der Waals surface area (Å²) >= 11 is 1.66. The Hall–Kier alpha value is -2.48. The van der Waals surface area contributed by atoms with Gasteiger partial charge in [-0.15, -0.1) is 0 Å². The van der Waals surface area contributed by atoms with E-state index in [-0.39, 0.29) is 18.8 Å². The molecule has 138 valence electrons. The van der Waals surface area contributed by atoms with Crippen LogP contribution < -0.4 is 10.2 Å². The van der Waals surface area contributed by atoms with Crippen molar-refractivity contribution >= 4 is 40.2 Å². The Morgan fingerprint density at radius 3 is 2.69 bits per heavy atom. The maximum atomic E-state index is 12.0. The van der Waals surface area contributed by atoms with Gasteiger partial charge in [0.1, 0.15) is 0 Å². The van der Waals surface area contributed by atoms with Crippen LogP contribution in [0.1, 0.15) is 20.3 Å². The molecule has 0 bridgehead atoms. The summed E-state index contributed by atoms with van der Waals surface area (Å²) in [5, 5.41) is 4.03. The van der Waals surface area contributed by atoms with Crippen molar-refractivity contribution in [2.24, 2.45) is 4.99 Å². The normalized spacial score (nSPS) is 14.7. The van der Waals surface area contributed by atoms with Crippen molar-refractivity contribution in [2.45, 2.75) is 25.2 Å². The van der Waals surface area contributed by atoms with E-state index in [1.165, 1.54) is 6.20 Å². The zero-order valence-electron chi connectivity index (χ0n) is 14.8. The van der Waals surface area contributed by atoms with Crippen LogP contribution in [0.2, 0.25) is 0 Å². The molecule has 2 heterocycles. The monoisotopic (exact) mass is 375 g/mol. The fourth-order valence-corrected chi connectivity index (χ4v) is 3.73. The second-order valence-corrected chi connectivity index (χ2v) is 6.61. The molecule has 0 saturated heterocycles. The van der Waals surface area contributed by atoms with Crippen molar-refractivity contribution in [3.05, 3.63) is 30.0 Å². The van der Waals surface area contributed by atoms with Gasteiger partial charge < -0.3 is 19.7 Å². The number of carbonyl (C=O) groups excluding carboxylic acids is 2. The molecule has 26 heavy (non-hydrogen) atoms. The quantitative estimate of drug-likeness (QED) is 0.354. The van der Waals surface area contributed by atoms with Crippen LogP contribution >= 0.6 is 11.8 Å². The molecular weight excluding hydrogens is 354 g/mol. The first-order chi connectivity index (χ1) is 12.6. The van der Waals surface area contributed by atoms with Gasteiger partial charge in [-0.1, -0.05) is 0 Å². The SMILES string of the molecule is CCOC(=O)C(=CNc1ccc2c(c1)N1CCCN=C1S2)C(=O)OCC. The van der Waals surface area contributed by atoms with Gasteiger partial charge >= 0.3 is 11.9 Å². The Balaban J connectivity index is 1.80. The molecule has 3 rings (SSSR count). The summed E-state index contributed by atoms with van der Waals surface area (Å²) in [4.78, 5) is 31.9. The lowest BCUT2D eigenvalue weighted by molar-refractivity contribution is -0.146. The Morgan fingerprint density at radius 2 is 2.00 bits per heavy atom. The van der Waals surface area contributed by atoms with Gasteiger partial charge in [0.15, 0.2) is 10.7 Å². The summed E-state index contributed by atoms with van der Waals surface area (Å²) in [6, 6.07) is 5.89. The number of hydrogen-bond acceptors (Lipinski definition) is 8. The van der Waals surface area contributed by atoms with Crippen LogP contribution in [0.5, 0.6) is 0 Å². The number of benzene rings is 1. The number of fused-ring (bicyclic) bond motifs is 3. The molecule has 0 amide bonds. The molecule has 0 atom stereocenters. The Bertz CT molecular complexity index is 756. The summed E-state index contributed by atoms with van der Waals surface area (Å²) in [6.45, 7) is 5.54. The van der Waals surface area contributed by atoms with E-state index in [9.17, 15) is 9.59 Å². The molecule has 0 saturated carbocycles. The number of rotatable bonds is 6. The fourth-order valence-electron chi connectivity index (χ4n) is 2.67. The number of ether oxygens (including phenoxy) is 2. The summed E-state index contributed by atoms with van der Waals surface area (Å²) in [5.74, 6) is -1.42. The summed E-state index contributed by atoms with van der Waals surface area (Å²) in [5.41, 5.74) is 1.69. The summed E-state index contributed by atoms with van der Waals surface area (Å²) in [7, 11) is 0. The van der Waals surface area contributed by atoms with Gasteiger partial charge in [0.05, 0.1) is 18.9 Å². The van der Waals surface area contributed by atoms with Crippen LogP contribution in [0.25, 0.3) is 0 Å². The zero-order chi connectivity index (χ0) is 18.5. The van der Waals surface area contributed by atoms with Crippen LogP contribution in [0.4, 0.5) is 11.4 Å². The van der Waals surface area contributed by atoms with Crippen molar-refractivity contribution in [1.29, 1.82) is 0 Å². The first-order valence-electron chi connectivity index (χ1n) is 8.58. The highest BCUT2D eigenvalue weighted by Crippen LogP contribution is 2.42. The third kappa shape index (κ3) is 3.85. The van der Waals surface area contributed by atoms with Crippen molar-refractivity contribution in [1.82, 2.24) is 0 Å². The number of nitrogens with zero attached hydrogens (tertiary/aromatic N) is 2. The van der Waals surface area contributed by atoms with Crippen LogP contribution in [0.15, 0.2) is 39.9 Å². The molecule has 2 aliphatic rings. The van der Waals surface area contributed by atoms with Crippen LogP contribution in [0, 0.1) is 0 Å². The van der Waals surface area contributed by atoms with E-state index in [0.29, 0.717) is 0 Å². The Labute approximate surface area is 156 Å². The molecule has 8 heteroatoms. The molecule has 0 fully saturated rings. The molecule has 7 nitrogen and oxygen atoms in total. The molecule has 2 aliphatic heterocycles. The van der Waals surface area contributed by atoms with E-state index >= 15 is 0 Å². The lowest BCUT2D eigenvalue weighted by Gasteiger charge is -2.22. The highest BCUT2D eigenvalue weighted by molar-refractivity contribution is 8.14. The van der Waals surface area contributed by atoms with Gasteiger partial charge in [-0.05, 0) is 50.2 Å². The van der Waals surface area contributed by atoms with E-state index in [1.54, 1.807) is 25.6 Å². The molecule has 1 aromatic carbocycles. The largest absolute Gasteiger partial charge is 0.462 e. The standard InChI is InChI=1S/C18H21N3O4S/c1-3-24-16(22)13(17(23)25-4-2)11-20-12-6-7-15-14(10-12)21-9-5-8-19-18(21)26-15/h6-7,10-11,20H,3-5,8-9H2,1-2H3. The molecular formula is C18H21N3O4S. The predicted molar refractivity (Wildman–Crippen MR) is 102 cm³/mol. The van der Waals surface area contributed by atoms with E-state index in [1.807, 2.05) is 18.2 Å². The molecule has 0 radical (unpaired) electrons. The van der Waals surface area contributed by atoms with Gasteiger partial charge in [0.2, 0.25) is 0 Å². The molecule has 1 N–H and O–H groups in total. The number of esters is 2. The Kier molecular flexibility index (Phi) is 5.82. The minimum atomic E-state index is -0.708. The van der Waals surface area contributed by atoms with Crippen molar-refractivity contribution in [2.75, 3.05) is 36.5 Å². The lowest BCUT2D eigenvalue weighted by atomic mass is 10.2. The number of anilines is 2. The average Bonchev–Trinajstić information content (AvgIpc) is 3.00. The van der Waals surface area contributed by atoms with Crippen molar-refractivity contribution in [3.8, 4) is 0 Å². The average molecular weight is 375 g/mol. The van der Waals surface area contributed by atoms with Gasteiger partial charge in [-0.2, -0.15) is 0 Å². The third-order valence-corrected chi connectivity index (χ3v) is 4.94. The molecule has 0 aliphatic carbocycles. The third-order valence-electron chi connectivity index (χ3n) is 3.84. The fraction of sp³-hybridized carbons (Fsp3) is 0.389. The number of nitrogens with one attached hydrogen (secondary N) is 1. The van der Waals surface area contributed by atoms with Crippen LogP contribution in [-0.2, 0) is 19.1 Å². The molecule has 1 aromatic rings. The Morgan fingerprint density at radius 1 is 1.27 bits per heavy atom. The van der Waals surface area contributed by atoms with E-state index in [0.717, 1.165) is 40.9 Å². The van der Waals surface area contributed by atoms with Crippen molar-refractivity contribution < 1.29 is 19.1 Å². The molecule has 0 aromatic heterocycles.